The van der Waals surface area contributed by atoms with Crippen molar-refractivity contribution in [2.75, 3.05) is 18.8 Å². The van der Waals surface area contributed by atoms with Gasteiger partial charge in [-0.1, -0.05) is 30.3 Å². The van der Waals surface area contributed by atoms with Crippen LogP contribution < -0.4 is 5.14 Å². The Bertz CT molecular complexity index is 2140. The van der Waals surface area contributed by atoms with Crippen LogP contribution in [0, 0.1) is 0 Å². The number of nitrogens with zero attached hydrogens (tertiary/aromatic N) is 2. The number of halogens is 2. The van der Waals surface area contributed by atoms with Crippen molar-refractivity contribution in [3.05, 3.63) is 114 Å². The third-order valence-corrected chi connectivity index (χ3v) is 12.2. The van der Waals surface area contributed by atoms with Crippen molar-refractivity contribution in [3.63, 3.8) is 0 Å². The number of allylic oxidation sites excluding steroid dienone is 3. The van der Waals surface area contributed by atoms with E-state index in [9.17, 15) is 34.0 Å². The van der Waals surface area contributed by atoms with Gasteiger partial charge in [0.25, 0.3) is 6.43 Å². The minimum atomic E-state index is -4.43. The van der Waals surface area contributed by atoms with Gasteiger partial charge in [0.1, 0.15) is 10.4 Å². The van der Waals surface area contributed by atoms with Gasteiger partial charge in [0.15, 0.2) is 9.84 Å². The lowest BCUT2D eigenvalue weighted by atomic mass is 9.81. The van der Waals surface area contributed by atoms with Crippen LogP contribution in [0.3, 0.4) is 0 Å². The Morgan fingerprint density at radius 3 is 1.87 bits per heavy atom. The summed E-state index contributed by atoms with van der Waals surface area (Å²) in [6.07, 6.45) is 4.00. The number of hydrogen-bond acceptors (Lipinski definition) is 7. The van der Waals surface area contributed by atoms with Gasteiger partial charge in [-0.3, -0.25) is 8.42 Å². The van der Waals surface area contributed by atoms with Crippen LogP contribution in [0.2, 0.25) is 0 Å². The maximum atomic E-state index is 14.2. The van der Waals surface area contributed by atoms with Crippen LogP contribution in [0.4, 0.5) is 8.78 Å². The second kappa shape index (κ2) is 12.5. The molecule has 0 aliphatic heterocycles. The number of primary sulfonamides is 1. The molecule has 3 atom stereocenters. The molecule has 0 bridgehead atoms. The van der Waals surface area contributed by atoms with Gasteiger partial charge in [-0.2, -0.15) is 5.10 Å². The molecule has 4 aromatic rings. The number of hydrogen-bond donors (Lipinski definition) is 1. The lowest BCUT2D eigenvalue weighted by Gasteiger charge is -2.33. The normalized spacial score (nSPS) is 18.6. The first kappa shape index (κ1) is 33.7. The predicted octanol–water partition coefficient (Wildman–Crippen LogP) is 4.74. The van der Waals surface area contributed by atoms with Crippen LogP contribution in [-0.2, 0) is 46.2 Å². The molecule has 0 radical (unpaired) electrons. The van der Waals surface area contributed by atoms with Crippen molar-refractivity contribution < 1.29 is 34.0 Å². The van der Waals surface area contributed by atoms with Gasteiger partial charge >= 0.3 is 0 Å². The molecule has 242 valence electrons. The van der Waals surface area contributed by atoms with Crippen molar-refractivity contribution in [2.24, 2.45) is 5.14 Å². The summed E-state index contributed by atoms with van der Waals surface area (Å²) < 4.78 is 103. The van der Waals surface area contributed by atoms with Crippen LogP contribution in [-0.4, -0.2) is 53.8 Å². The summed E-state index contributed by atoms with van der Waals surface area (Å²) >= 11 is 0. The second-order valence-corrected chi connectivity index (χ2v) is 17.3. The summed E-state index contributed by atoms with van der Waals surface area (Å²) in [6, 6.07) is 19.4. The number of sulfonamides is 1. The number of rotatable bonds is 9. The van der Waals surface area contributed by atoms with E-state index in [1.165, 1.54) is 71.8 Å². The highest BCUT2D eigenvalue weighted by Crippen LogP contribution is 2.47. The summed E-state index contributed by atoms with van der Waals surface area (Å²) in [7, 11) is -10.6. The van der Waals surface area contributed by atoms with Crippen molar-refractivity contribution in [1.82, 2.24) is 9.78 Å². The number of nitrogens with two attached hydrogens (primary N) is 1. The zero-order chi connectivity index (χ0) is 33.6. The zero-order valence-electron chi connectivity index (χ0n) is 24.8. The van der Waals surface area contributed by atoms with Crippen molar-refractivity contribution in [2.45, 2.75) is 32.3 Å². The van der Waals surface area contributed by atoms with Crippen LogP contribution in [0.15, 0.2) is 106 Å². The Morgan fingerprint density at radius 1 is 0.848 bits per heavy atom. The molecule has 15 heteroatoms. The summed E-state index contributed by atoms with van der Waals surface area (Å²) in [5.74, 6) is 0. The maximum Gasteiger partial charge on any atom is 0.282 e. The maximum absolute atomic E-state index is 14.2. The fraction of sp³-hybridized carbons (Fsp3) is 0.194. The first-order chi connectivity index (χ1) is 21.5. The lowest BCUT2D eigenvalue weighted by Crippen LogP contribution is -2.40. The van der Waals surface area contributed by atoms with Gasteiger partial charge < -0.3 is 0 Å². The topological polar surface area (TPSA) is 146 Å². The van der Waals surface area contributed by atoms with Gasteiger partial charge in [0.05, 0.1) is 16.3 Å². The average molecular weight is 706 g/mol. The molecule has 5 rings (SSSR count). The van der Waals surface area contributed by atoms with Crippen LogP contribution >= 0.6 is 0 Å². The first-order valence-corrected chi connectivity index (χ1v) is 20.1. The summed E-state index contributed by atoms with van der Waals surface area (Å²) in [6.45, 7) is 0. The monoisotopic (exact) mass is 705 g/mol. The van der Waals surface area contributed by atoms with E-state index in [1.54, 1.807) is 30.3 Å². The third-order valence-electron chi connectivity index (χ3n) is 7.69. The highest BCUT2D eigenvalue weighted by molar-refractivity contribution is 7.90. The Kier molecular flexibility index (Phi) is 9.18. The Morgan fingerprint density at radius 2 is 1.39 bits per heavy atom. The molecule has 46 heavy (non-hydrogen) atoms. The number of aromatic nitrogens is 2. The molecule has 1 aromatic heterocycles. The molecule has 1 heterocycles. The Labute approximate surface area is 270 Å². The lowest BCUT2D eigenvalue weighted by molar-refractivity contribution is 0.145. The minimum Gasteiger partial charge on any atom is -0.255 e. The highest BCUT2D eigenvalue weighted by Gasteiger charge is 2.44. The molecule has 1 aliphatic carbocycles. The summed E-state index contributed by atoms with van der Waals surface area (Å²) in [5, 5.41) is 10.0. The van der Waals surface area contributed by atoms with E-state index in [-0.39, 0.29) is 33.8 Å². The van der Waals surface area contributed by atoms with E-state index >= 15 is 0 Å². The molecule has 0 fully saturated rings. The molecule has 9 nitrogen and oxygen atoms in total. The zero-order valence-corrected chi connectivity index (χ0v) is 28.0. The largest absolute Gasteiger partial charge is 0.282 e. The van der Waals surface area contributed by atoms with Gasteiger partial charge in [0, 0.05) is 55.7 Å². The highest BCUT2D eigenvalue weighted by atomic mass is 32.2. The fourth-order valence-electron chi connectivity index (χ4n) is 5.27. The number of benzene rings is 3. The van der Waals surface area contributed by atoms with E-state index in [2.05, 4.69) is 5.10 Å². The third kappa shape index (κ3) is 6.47. The SMILES string of the molecule is CS(=O)c1ccc(C2=CCC(c3ccc(S(C)=O)cc3)(S(N)(=O)=O)C=C2c2cc(C(F)F)nn2-c2ccc(S(C)(=O)=O)cc2)cc1. The standard InChI is InChI=1S/C31H29F2N3O6S4/c1-43(37)23-10-4-20(5-11-23)26-16-17-31(46(34,41)42,21-6-12-24(13-7-21)44(2)38)19-27(26)29-18-28(30(32)33)35-36(29)22-8-14-25(15-9-22)45(3,39)40/h4-16,18-19,30H,17H2,1-3H3,(H2,34,41,42). The van der Waals surface area contributed by atoms with E-state index in [0.29, 0.717) is 20.9 Å². The molecule has 3 unspecified atom stereocenters. The number of sulfone groups is 1. The fourth-order valence-corrected chi connectivity index (χ4v) is 8.00. The smallest absolute Gasteiger partial charge is 0.255 e. The van der Waals surface area contributed by atoms with Crippen molar-refractivity contribution >= 4 is 52.6 Å². The van der Waals surface area contributed by atoms with Crippen molar-refractivity contribution in [3.8, 4) is 5.69 Å². The van der Waals surface area contributed by atoms with Gasteiger partial charge in [-0.25, -0.2) is 35.4 Å². The predicted molar refractivity (Wildman–Crippen MR) is 175 cm³/mol. The van der Waals surface area contributed by atoms with E-state index < -0.39 is 58.3 Å². The van der Waals surface area contributed by atoms with Gasteiger partial charge in [-0.15, -0.1) is 0 Å². The molecular weight excluding hydrogens is 677 g/mol. The molecule has 0 amide bonds. The quantitative estimate of drug-likeness (QED) is 0.265. The van der Waals surface area contributed by atoms with E-state index in [4.69, 9.17) is 5.14 Å². The first-order valence-electron chi connectivity index (χ1n) is 13.5. The Hall–Kier alpha value is -3.63. The second-order valence-electron chi connectivity index (χ2n) is 10.7. The number of alkyl halides is 2. The Balaban J connectivity index is 1.80. The van der Waals surface area contributed by atoms with Crippen LogP contribution in [0.5, 0.6) is 0 Å². The molecular formula is C31H29F2N3O6S4. The molecule has 1 aliphatic rings. The molecule has 0 saturated heterocycles. The van der Waals surface area contributed by atoms with Crippen LogP contribution in [0.1, 0.15) is 35.4 Å². The van der Waals surface area contributed by atoms with Crippen molar-refractivity contribution in [1.29, 1.82) is 0 Å². The summed E-state index contributed by atoms with van der Waals surface area (Å²) in [4.78, 5) is 1.03. The molecule has 3 aromatic carbocycles. The van der Waals surface area contributed by atoms with E-state index in [0.717, 1.165) is 12.3 Å². The molecule has 0 saturated carbocycles. The molecule has 0 spiro atoms. The van der Waals surface area contributed by atoms with Gasteiger partial charge in [0.2, 0.25) is 10.0 Å². The molecule has 2 N–H and O–H groups in total. The summed E-state index contributed by atoms with van der Waals surface area (Å²) in [5.41, 5.74) is 1.28. The van der Waals surface area contributed by atoms with E-state index in [1.807, 2.05) is 0 Å². The minimum absolute atomic E-state index is 0.00889. The van der Waals surface area contributed by atoms with Gasteiger partial charge in [-0.05, 0) is 83.8 Å². The van der Waals surface area contributed by atoms with Crippen LogP contribution in [0.25, 0.3) is 16.8 Å². The average Bonchev–Trinajstić information content (AvgIpc) is 3.46.